The van der Waals surface area contributed by atoms with Gasteiger partial charge in [-0.3, -0.25) is 9.78 Å². The van der Waals surface area contributed by atoms with Gasteiger partial charge in [0.05, 0.1) is 48.6 Å². The predicted molar refractivity (Wildman–Crippen MR) is 123 cm³/mol. The van der Waals surface area contributed by atoms with E-state index in [4.69, 9.17) is 9.47 Å². The number of amides is 1. The van der Waals surface area contributed by atoms with E-state index >= 15 is 0 Å². The molecule has 0 saturated carbocycles. The molecule has 0 bridgehead atoms. The van der Waals surface area contributed by atoms with E-state index in [1.807, 2.05) is 0 Å². The van der Waals surface area contributed by atoms with Crippen LogP contribution >= 0.6 is 0 Å². The number of carbonyl (C=O) groups is 1. The summed E-state index contributed by atoms with van der Waals surface area (Å²) < 4.78 is 40.2. The van der Waals surface area contributed by atoms with Crippen molar-refractivity contribution in [3.05, 3.63) is 59.6 Å². The maximum absolute atomic E-state index is 14.8. The van der Waals surface area contributed by atoms with Crippen molar-refractivity contribution < 1.29 is 23.0 Å². The van der Waals surface area contributed by atoms with E-state index in [2.05, 4.69) is 34.4 Å². The summed E-state index contributed by atoms with van der Waals surface area (Å²) in [7, 11) is 1.36. The van der Waals surface area contributed by atoms with Crippen LogP contribution in [0, 0.1) is 17.0 Å². The monoisotopic (exact) mass is 468 g/mol. The van der Waals surface area contributed by atoms with E-state index in [1.54, 1.807) is 6.07 Å². The molecular weight excluding hydrogens is 442 g/mol. The van der Waals surface area contributed by atoms with E-state index in [1.165, 1.54) is 31.5 Å². The number of nitrogens with zero attached hydrogens (tertiary/aromatic N) is 1. The second-order valence-electron chi connectivity index (χ2n) is 9.40. The Labute approximate surface area is 195 Å². The molecular formula is C25H26F2N4O3. The molecule has 7 nitrogen and oxygen atoms in total. The molecule has 1 saturated heterocycles. The van der Waals surface area contributed by atoms with E-state index in [9.17, 15) is 13.6 Å². The van der Waals surface area contributed by atoms with E-state index in [0.717, 1.165) is 6.20 Å². The Morgan fingerprint density at radius 3 is 2.76 bits per heavy atom. The molecule has 0 aliphatic carbocycles. The first-order chi connectivity index (χ1) is 16.3. The molecule has 0 radical (unpaired) electrons. The Hall–Kier alpha value is -3.46. The number of hydrogen-bond acceptors (Lipinski definition) is 5. The second-order valence-corrected chi connectivity index (χ2v) is 9.40. The smallest absolute Gasteiger partial charge is 0.255 e. The topological polar surface area (TPSA) is 88.3 Å². The average molecular weight is 469 g/mol. The Morgan fingerprint density at radius 1 is 1.26 bits per heavy atom. The third-order valence-electron chi connectivity index (χ3n) is 6.67. The standard InChI is InChI=1S/C25H26F2N4O3/c1-25(2)12-34-18(25)9-13-10-29-24(32)19-20(13)31-21(14-7-8-28-11-16(14)27)22(19)30-17-6-4-5-15(26)23(17)33-3/h4-8,11,13,18,30-31H,9-10,12H2,1-3H3,(H,29,32)/t13-,18-/m0/s1. The van der Waals surface area contributed by atoms with Gasteiger partial charge in [-0.25, -0.2) is 8.78 Å². The number of methoxy groups -OCH3 is 1. The number of halogens is 2. The molecule has 1 fully saturated rings. The minimum Gasteiger partial charge on any atom is -0.492 e. The summed E-state index contributed by atoms with van der Waals surface area (Å²) in [6, 6.07) is 5.98. The van der Waals surface area contributed by atoms with Crippen LogP contribution in [0.25, 0.3) is 11.3 Å². The molecule has 3 N–H and O–H groups in total. The lowest BCUT2D eigenvalue weighted by molar-refractivity contribution is -0.172. The molecule has 2 aromatic heterocycles. The lowest BCUT2D eigenvalue weighted by Gasteiger charge is -2.46. The van der Waals surface area contributed by atoms with Gasteiger partial charge in [0.1, 0.15) is 0 Å². The van der Waals surface area contributed by atoms with Gasteiger partial charge in [-0.2, -0.15) is 0 Å². The van der Waals surface area contributed by atoms with Gasteiger partial charge in [-0.15, -0.1) is 0 Å². The van der Waals surface area contributed by atoms with Crippen molar-refractivity contribution in [3.63, 3.8) is 0 Å². The van der Waals surface area contributed by atoms with Gasteiger partial charge < -0.3 is 25.1 Å². The Kier molecular flexibility index (Phi) is 5.51. The van der Waals surface area contributed by atoms with Gasteiger partial charge in [0.25, 0.3) is 5.91 Å². The molecule has 9 heteroatoms. The number of pyridine rings is 1. The minimum absolute atomic E-state index is 0.00372. The van der Waals surface area contributed by atoms with Gasteiger partial charge in [-0.1, -0.05) is 19.9 Å². The van der Waals surface area contributed by atoms with Gasteiger partial charge >= 0.3 is 0 Å². The lowest BCUT2D eigenvalue weighted by Crippen LogP contribution is -2.49. The first-order valence-corrected chi connectivity index (χ1v) is 11.1. The number of fused-ring (bicyclic) bond motifs is 1. The molecule has 4 heterocycles. The maximum Gasteiger partial charge on any atom is 0.255 e. The van der Waals surface area contributed by atoms with Crippen LogP contribution < -0.4 is 15.4 Å². The molecule has 2 atom stereocenters. The maximum atomic E-state index is 14.8. The molecule has 0 spiro atoms. The van der Waals surface area contributed by atoms with Crippen molar-refractivity contribution in [2.45, 2.75) is 32.3 Å². The number of rotatable bonds is 6. The zero-order chi connectivity index (χ0) is 24.0. The van der Waals surface area contributed by atoms with Crippen LogP contribution in [-0.2, 0) is 4.74 Å². The summed E-state index contributed by atoms with van der Waals surface area (Å²) >= 11 is 0. The Bertz CT molecular complexity index is 1260. The number of aromatic nitrogens is 2. The van der Waals surface area contributed by atoms with Crippen molar-refractivity contribution in [2.75, 3.05) is 25.6 Å². The number of aromatic amines is 1. The molecule has 1 amide bonds. The van der Waals surface area contributed by atoms with Crippen molar-refractivity contribution in [1.29, 1.82) is 0 Å². The summed E-state index contributed by atoms with van der Waals surface area (Å²) in [5.74, 6) is -1.47. The molecule has 178 valence electrons. The first-order valence-electron chi connectivity index (χ1n) is 11.1. The molecule has 2 aliphatic heterocycles. The molecule has 0 unspecified atom stereocenters. The number of carbonyl (C=O) groups excluding carboxylic acids is 1. The SMILES string of the molecule is COc1c(F)cccc1Nc1c(-c2ccncc2F)[nH]c2c1C(=O)NC[C@@H]2C[C@@H]1OCC1(C)C. The van der Waals surface area contributed by atoms with Crippen LogP contribution in [0.1, 0.15) is 42.2 Å². The number of para-hydroxylation sites is 1. The van der Waals surface area contributed by atoms with Crippen LogP contribution in [0.5, 0.6) is 5.75 Å². The number of anilines is 2. The average Bonchev–Trinajstić information content (AvgIpc) is 3.18. The van der Waals surface area contributed by atoms with Gasteiger partial charge in [-0.05, 0) is 24.6 Å². The van der Waals surface area contributed by atoms with Crippen LogP contribution in [0.4, 0.5) is 20.2 Å². The van der Waals surface area contributed by atoms with Crippen LogP contribution in [0.3, 0.4) is 0 Å². The number of ether oxygens (including phenoxy) is 2. The van der Waals surface area contributed by atoms with Crippen molar-refractivity contribution in [3.8, 4) is 17.0 Å². The highest BCUT2D eigenvalue weighted by Gasteiger charge is 2.43. The summed E-state index contributed by atoms with van der Waals surface area (Å²) in [5.41, 5.74) is 2.40. The third-order valence-corrected chi connectivity index (χ3v) is 6.67. The van der Waals surface area contributed by atoms with E-state index in [0.29, 0.717) is 47.9 Å². The fraction of sp³-hybridized carbons (Fsp3) is 0.360. The Morgan fingerprint density at radius 2 is 2.09 bits per heavy atom. The van der Waals surface area contributed by atoms with Crippen LogP contribution in [0.2, 0.25) is 0 Å². The Balaban J connectivity index is 1.65. The molecule has 1 aromatic carbocycles. The fourth-order valence-electron chi connectivity index (χ4n) is 4.70. The van der Waals surface area contributed by atoms with E-state index in [-0.39, 0.29) is 34.7 Å². The zero-order valence-electron chi connectivity index (χ0n) is 19.2. The zero-order valence-corrected chi connectivity index (χ0v) is 19.2. The highest BCUT2D eigenvalue weighted by atomic mass is 19.1. The second kappa shape index (κ2) is 8.39. The molecule has 34 heavy (non-hydrogen) atoms. The molecule has 5 rings (SSSR count). The number of hydrogen-bond donors (Lipinski definition) is 3. The fourth-order valence-corrected chi connectivity index (χ4v) is 4.70. The number of nitrogens with one attached hydrogen (secondary N) is 3. The van der Waals surface area contributed by atoms with Crippen LogP contribution in [-0.4, -0.2) is 42.2 Å². The van der Waals surface area contributed by atoms with Crippen molar-refractivity contribution in [1.82, 2.24) is 15.3 Å². The highest BCUT2D eigenvalue weighted by Crippen LogP contribution is 2.45. The quantitative estimate of drug-likeness (QED) is 0.486. The number of H-pyrrole nitrogens is 1. The number of benzene rings is 1. The third kappa shape index (κ3) is 3.69. The summed E-state index contributed by atoms with van der Waals surface area (Å²) in [6.07, 6.45) is 3.34. The molecule has 3 aromatic rings. The van der Waals surface area contributed by atoms with Gasteiger partial charge in [0.15, 0.2) is 17.4 Å². The summed E-state index contributed by atoms with van der Waals surface area (Å²) in [6.45, 7) is 5.43. The van der Waals surface area contributed by atoms with E-state index < -0.39 is 11.6 Å². The van der Waals surface area contributed by atoms with Crippen molar-refractivity contribution >= 4 is 17.3 Å². The van der Waals surface area contributed by atoms with Gasteiger partial charge in [0, 0.05) is 35.3 Å². The van der Waals surface area contributed by atoms with Gasteiger partial charge in [0.2, 0.25) is 0 Å². The summed E-state index contributed by atoms with van der Waals surface area (Å²) in [5, 5.41) is 6.09. The normalized spacial score (nSPS) is 20.8. The van der Waals surface area contributed by atoms with Crippen molar-refractivity contribution in [2.24, 2.45) is 5.41 Å². The predicted octanol–water partition coefficient (Wildman–Crippen LogP) is 4.75. The molecule has 2 aliphatic rings. The lowest BCUT2D eigenvalue weighted by atomic mass is 9.76. The first kappa shape index (κ1) is 22.3. The van der Waals surface area contributed by atoms with Crippen LogP contribution in [0.15, 0.2) is 36.7 Å². The minimum atomic E-state index is -0.555. The highest BCUT2D eigenvalue weighted by molar-refractivity contribution is 6.06. The largest absolute Gasteiger partial charge is 0.492 e. The summed E-state index contributed by atoms with van der Waals surface area (Å²) in [4.78, 5) is 20.2.